The molecule has 8 heteroatoms. The SMILES string of the molecule is O=C(Nc1nnc(C2CCCN2)o1)c1ccc(Br)s1. The Morgan fingerprint density at radius 1 is 1.53 bits per heavy atom. The van der Waals surface area contributed by atoms with Crippen molar-refractivity contribution in [2.75, 3.05) is 11.9 Å². The van der Waals surface area contributed by atoms with Crippen LogP contribution in [0, 0.1) is 0 Å². The van der Waals surface area contributed by atoms with E-state index in [9.17, 15) is 4.79 Å². The Balaban J connectivity index is 1.68. The number of thiophene rings is 1. The first-order valence-corrected chi connectivity index (χ1v) is 7.47. The van der Waals surface area contributed by atoms with Crippen LogP contribution in [0.3, 0.4) is 0 Å². The average molecular weight is 343 g/mol. The van der Waals surface area contributed by atoms with E-state index in [0.29, 0.717) is 10.8 Å². The minimum atomic E-state index is -0.245. The monoisotopic (exact) mass is 342 g/mol. The number of anilines is 1. The Kier molecular flexibility index (Phi) is 3.63. The fourth-order valence-corrected chi connectivity index (χ4v) is 3.20. The van der Waals surface area contributed by atoms with Crippen molar-refractivity contribution in [3.63, 3.8) is 0 Å². The van der Waals surface area contributed by atoms with Crippen molar-refractivity contribution < 1.29 is 9.21 Å². The summed E-state index contributed by atoms with van der Waals surface area (Å²) in [6.45, 7) is 0.956. The van der Waals surface area contributed by atoms with Gasteiger partial charge in [-0.25, -0.2) is 0 Å². The standard InChI is InChI=1S/C11H11BrN4O2S/c12-8-4-3-7(19-8)9(17)14-11-16-15-10(18-11)6-2-1-5-13-6/h3-4,6,13H,1-2,5H2,(H,14,16,17). The van der Waals surface area contributed by atoms with E-state index < -0.39 is 0 Å². The lowest BCUT2D eigenvalue weighted by Gasteiger charge is -2.02. The molecule has 2 aromatic heterocycles. The fraction of sp³-hybridized carbons (Fsp3) is 0.364. The third-order valence-electron chi connectivity index (χ3n) is 2.82. The van der Waals surface area contributed by atoms with Gasteiger partial charge < -0.3 is 9.73 Å². The number of hydrogen-bond donors (Lipinski definition) is 2. The van der Waals surface area contributed by atoms with Crippen LogP contribution in [0.5, 0.6) is 0 Å². The first kappa shape index (κ1) is 12.8. The molecular weight excluding hydrogens is 332 g/mol. The van der Waals surface area contributed by atoms with Crippen molar-refractivity contribution in [3.05, 3.63) is 26.7 Å². The molecule has 3 rings (SSSR count). The van der Waals surface area contributed by atoms with Gasteiger partial charge in [0.1, 0.15) is 0 Å². The van der Waals surface area contributed by atoms with Gasteiger partial charge in [0.15, 0.2) is 0 Å². The van der Waals surface area contributed by atoms with Crippen LogP contribution in [0.1, 0.15) is 34.4 Å². The summed E-state index contributed by atoms with van der Waals surface area (Å²) >= 11 is 4.66. The van der Waals surface area contributed by atoms with Gasteiger partial charge in [-0.15, -0.1) is 16.4 Å². The molecule has 1 amide bonds. The Morgan fingerprint density at radius 3 is 3.11 bits per heavy atom. The summed E-state index contributed by atoms with van der Waals surface area (Å²) in [7, 11) is 0. The molecule has 2 aromatic rings. The second-order valence-electron chi connectivity index (χ2n) is 4.15. The van der Waals surface area contributed by atoms with Crippen molar-refractivity contribution in [2.45, 2.75) is 18.9 Å². The highest BCUT2D eigenvalue weighted by Gasteiger charge is 2.22. The molecule has 0 saturated carbocycles. The van der Waals surface area contributed by atoms with Crippen LogP contribution >= 0.6 is 27.3 Å². The lowest BCUT2D eigenvalue weighted by atomic mass is 10.2. The highest BCUT2D eigenvalue weighted by atomic mass is 79.9. The first-order chi connectivity index (χ1) is 9.22. The largest absolute Gasteiger partial charge is 0.406 e. The molecular formula is C11H11BrN4O2S. The Hall–Kier alpha value is -1.25. The molecule has 1 unspecified atom stereocenters. The molecule has 100 valence electrons. The normalized spacial score (nSPS) is 18.7. The molecule has 3 heterocycles. The van der Waals surface area contributed by atoms with E-state index in [0.717, 1.165) is 23.2 Å². The number of nitrogens with zero attached hydrogens (tertiary/aromatic N) is 2. The van der Waals surface area contributed by atoms with E-state index >= 15 is 0 Å². The molecule has 1 aliphatic rings. The molecule has 0 spiro atoms. The lowest BCUT2D eigenvalue weighted by Crippen LogP contribution is -2.13. The first-order valence-electron chi connectivity index (χ1n) is 5.86. The van der Waals surface area contributed by atoms with E-state index in [-0.39, 0.29) is 18.0 Å². The maximum Gasteiger partial charge on any atom is 0.322 e. The Morgan fingerprint density at radius 2 is 2.42 bits per heavy atom. The molecule has 1 aliphatic heterocycles. The number of amides is 1. The van der Waals surface area contributed by atoms with Gasteiger partial charge in [0.25, 0.3) is 5.91 Å². The van der Waals surface area contributed by atoms with E-state index in [1.165, 1.54) is 11.3 Å². The van der Waals surface area contributed by atoms with Gasteiger partial charge in [0.05, 0.1) is 14.7 Å². The molecule has 1 fully saturated rings. The zero-order chi connectivity index (χ0) is 13.2. The van der Waals surface area contributed by atoms with Crippen LogP contribution in [0.4, 0.5) is 6.01 Å². The van der Waals surface area contributed by atoms with E-state index in [1.807, 2.05) is 6.07 Å². The minimum absolute atomic E-state index is 0.106. The highest BCUT2D eigenvalue weighted by molar-refractivity contribution is 9.11. The van der Waals surface area contributed by atoms with Gasteiger partial charge in [0, 0.05) is 0 Å². The number of nitrogens with one attached hydrogen (secondary N) is 2. The molecule has 6 nitrogen and oxygen atoms in total. The van der Waals surface area contributed by atoms with E-state index in [4.69, 9.17) is 4.42 Å². The summed E-state index contributed by atoms with van der Waals surface area (Å²) in [5.41, 5.74) is 0. The summed E-state index contributed by atoms with van der Waals surface area (Å²) in [4.78, 5) is 12.5. The zero-order valence-corrected chi connectivity index (χ0v) is 12.3. The van der Waals surface area contributed by atoms with Crippen LogP contribution in [-0.2, 0) is 0 Å². The number of carbonyl (C=O) groups excluding carboxylic acids is 1. The lowest BCUT2D eigenvalue weighted by molar-refractivity contribution is 0.102. The maximum atomic E-state index is 11.9. The number of halogens is 1. The Labute approximate surface area is 121 Å². The van der Waals surface area contributed by atoms with Gasteiger partial charge in [-0.2, -0.15) is 0 Å². The maximum absolute atomic E-state index is 11.9. The molecule has 19 heavy (non-hydrogen) atoms. The van der Waals surface area contributed by atoms with Crippen LogP contribution in [0.25, 0.3) is 0 Å². The second kappa shape index (κ2) is 5.40. The Bertz CT molecular complexity index is 591. The molecule has 0 aromatic carbocycles. The molecule has 0 aliphatic carbocycles. The van der Waals surface area contributed by atoms with Gasteiger partial charge in [-0.05, 0) is 47.4 Å². The fourth-order valence-electron chi connectivity index (χ4n) is 1.92. The third kappa shape index (κ3) is 2.85. The van der Waals surface area contributed by atoms with Crippen molar-refractivity contribution >= 4 is 39.2 Å². The van der Waals surface area contributed by atoms with Crippen molar-refractivity contribution in [1.82, 2.24) is 15.5 Å². The molecule has 1 atom stereocenters. The second-order valence-corrected chi connectivity index (χ2v) is 6.62. The summed E-state index contributed by atoms with van der Waals surface area (Å²) in [6, 6.07) is 3.80. The smallest absolute Gasteiger partial charge is 0.322 e. The van der Waals surface area contributed by atoms with Crippen molar-refractivity contribution in [3.8, 4) is 0 Å². The van der Waals surface area contributed by atoms with E-state index in [1.54, 1.807) is 6.07 Å². The quantitative estimate of drug-likeness (QED) is 0.895. The van der Waals surface area contributed by atoms with Crippen molar-refractivity contribution in [2.24, 2.45) is 0 Å². The molecule has 0 radical (unpaired) electrons. The topological polar surface area (TPSA) is 80.0 Å². The number of aromatic nitrogens is 2. The third-order valence-corrected chi connectivity index (χ3v) is 4.44. The van der Waals surface area contributed by atoms with Crippen LogP contribution in [0.15, 0.2) is 20.3 Å². The van der Waals surface area contributed by atoms with Gasteiger partial charge in [-0.3, -0.25) is 10.1 Å². The summed E-state index contributed by atoms with van der Waals surface area (Å²) in [5.74, 6) is 0.283. The number of hydrogen-bond acceptors (Lipinski definition) is 6. The summed E-state index contributed by atoms with van der Waals surface area (Å²) in [5, 5.41) is 13.6. The van der Waals surface area contributed by atoms with Crippen LogP contribution < -0.4 is 10.6 Å². The predicted molar refractivity (Wildman–Crippen MR) is 74.2 cm³/mol. The molecule has 1 saturated heterocycles. The number of rotatable bonds is 3. The molecule has 2 N–H and O–H groups in total. The van der Waals surface area contributed by atoms with Crippen LogP contribution in [-0.4, -0.2) is 22.6 Å². The highest BCUT2D eigenvalue weighted by Crippen LogP contribution is 2.25. The summed E-state index contributed by atoms with van der Waals surface area (Å²) in [6.07, 6.45) is 2.07. The summed E-state index contributed by atoms with van der Waals surface area (Å²) < 4.78 is 6.34. The predicted octanol–water partition coefficient (Wildman–Crippen LogP) is 2.57. The minimum Gasteiger partial charge on any atom is -0.406 e. The molecule has 0 bridgehead atoms. The zero-order valence-electron chi connectivity index (χ0n) is 9.85. The van der Waals surface area contributed by atoms with Gasteiger partial charge >= 0.3 is 6.01 Å². The average Bonchev–Trinajstić information content (AvgIpc) is 3.07. The van der Waals surface area contributed by atoms with Crippen molar-refractivity contribution in [1.29, 1.82) is 0 Å². The van der Waals surface area contributed by atoms with Gasteiger partial charge in [0.2, 0.25) is 5.89 Å². The van der Waals surface area contributed by atoms with Crippen LogP contribution in [0.2, 0.25) is 0 Å². The number of carbonyl (C=O) groups is 1. The van der Waals surface area contributed by atoms with Gasteiger partial charge in [-0.1, -0.05) is 5.10 Å². The van der Waals surface area contributed by atoms with E-state index in [2.05, 4.69) is 36.8 Å².